The van der Waals surface area contributed by atoms with Crippen LogP contribution in [0.2, 0.25) is 0 Å². The lowest BCUT2D eigenvalue weighted by Crippen LogP contribution is -2.43. The van der Waals surface area contributed by atoms with Crippen LogP contribution in [0.5, 0.6) is 0 Å². The highest BCUT2D eigenvalue weighted by Crippen LogP contribution is 2.17. The van der Waals surface area contributed by atoms with Gasteiger partial charge >= 0.3 is 6.03 Å². The molecule has 1 aliphatic carbocycles. The molecule has 3 amide bonds. The van der Waals surface area contributed by atoms with Gasteiger partial charge in [-0.1, -0.05) is 19.3 Å². The number of hydrogen-bond acceptors (Lipinski definition) is 3. The molecule has 0 aromatic heterocycles. The zero-order valence-electron chi connectivity index (χ0n) is 13.8. The summed E-state index contributed by atoms with van der Waals surface area (Å²) in [6.07, 6.45) is 6.91. The van der Waals surface area contributed by atoms with E-state index in [0.29, 0.717) is 32.0 Å². The molecule has 0 aromatic carbocycles. The first-order chi connectivity index (χ1) is 10.0. The zero-order valence-corrected chi connectivity index (χ0v) is 14.6. The van der Waals surface area contributed by atoms with Crippen molar-refractivity contribution in [3.8, 4) is 0 Å². The average Bonchev–Trinajstić information content (AvgIpc) is 2.50. The Morgan fingerprint density at radius 1 is 1.27 bits per heavy atom. The third kappa shape index (κ3) is 7.84. The van der Waals surface area contributed by atoms with Gasteiger partial charge < -0.3 is 21.3 Å². The number of likely N-dealkylation sites (N-methyl/N-ethyl adjacent to an activating group) is 1. The number of carbonyl (C=O) groups is 2. The van der Waals surface area contributed by atoms with E-state index in [2.05, 4.69) is 10.6 Å². The van der Waals surface area contributed by atoms with Crippen molar-refractivity contribution in [2.75, 3.05) is 20.1 Å². The predicted molar refractivity (Wildman–Crippen MR) is 91.2 cm³/mol. The molecule has 4 N–H and O–H groups in total. The molecule has 0 aromatic rings. The molecular weight excluding hydrogens is 304 g/mol. The molecule has 1 atom stereocenters. The molecule has 1 unspecified atom stereocenters. The molecule has 1 saturated carbocycles. The topological polar surface area (TPSA) is 87.5 Å². The van der Waals surface area contributed by atoms with Gasteiger partial charge in [-0.3, -0.25) is 4.79 Å². The van der Waals surface area contributed by atoms with E-state index in [4.69, 9.17) is 5.73 Å². The summed E-state index contributed by atoms with van der Waals surface area (Å²) in [5.41, 5.74) is 5.54. The number of nitrogens with zero attached hydrogens (tertiary/aromatic N) is 1. The number of hydrogen-bond donors (Lipinski definition) is 3. The highest BCUT2D eigenvalue weighted by Gasteiger charge is 2.16. The van der Waals surface area contributed by atoms with Crippen molar-refractivity contribution in [1.82, 2.24) is 15.5 Å². The van der Waals surface area contributed by atoms with Crippen molar-refractivity contribution in [3.05, 3.63) is 0 Å². The minimum atomic E-state index is -0.113. The minimum Gasteiger partial charge on any atom is -0.342 e. The van der Waals surface area contributed by atoms with Gasteiger partial charge in [0, 0.05) is 38.6 Å². The van der Waals surface area contributed by atoms with Crippen molar-refractivity contribution in [2.24, 2.45) is 5.73 Å². The molecule has 0 bridgehead atoms. The summed E-state index contributed by atoms with van der Waals surface area (Å²) in [4.78, 5) is 25.2. The highest BCUT2D eigenvalue weighted by atomic mass is 35.5. The van der Waals surface area contributed by atoms with Crippen molar-refractivity contribution in [3.63, 3.8) is 0 Å². The Morgan fingerprint density at radius 2 is 1.91 bits per heavy atom. The number of nitrogens with one attached hydrogen (secondary N) is 2. The Balaban J connectivity index is 0.00000441. The molecule has 130 valence electrons. The first-order valence-corrected chi connectivity index (χ1v) is 8.04. The Hall–Kier alpha value is -1.01. The molecule has 0 aliphatic heterocycles. The van der Waals surface area contributed by atoms with Crippen LogP contribution in [0, 0.1) is 0 Å². The van der Waals surface area contributed by atoms with Crippen LogP contribution in [-0.4, -0.2) is 49.1 Å². The number of halogens is 1. The van der Waals surface area contributed by atoms with Crippen molar-refractivity contribution in [2.45, 2.75) is 64.0 Å². The molecule has 0 spiro atoms. The van der Waals surface area contributed by atoms with Gasteiger partial charge in [-0.05, 0) is 26.2 Å². The van der Waals surface area contributed by atoms with Gasteiger partial charge in [0.1, 0.15) is 0 Å². The van der Waals surface area contributed by atoms with Gasteiger partial charge in [0.2, 0.25) is 5.91 Å². The molecule has 6 nitrogen and oxygen atoms in total. The predicted octanol–water partition coefficient (Wildman–Crippen LogP) is 1.63. The SMILES string of the molecule is CC(CN)N(C)C(=O)CCCNC(=O)NC1CCCCC1.Cl. The Kier molecular flexibility index (Phi) is 11.0. The third-order valence-electron chi connectivity index (χ3n) is 4.19. The van der Waals surface area contributed by atoms with E-state index in [1.54, 1.807) is 11.9 Å². The summed E-state index contributed by atoms with van der Waals surface area (Å²) < 4.78 is 0. The summed E-state index contributed by atoms with van der Waals surface area (Å²) in [5, 5.41) is 5.82. The Morgan fingerprint density at radius 3 is 2.50 bits per heavy atom. The summed E-state index contributed by atoms with van der Waals surface area (Å²) in [5.74, 6) is 0.0717. The molecule has 0 radical (unpaired) electrons. The van der Waals surface area contributed by atoms with E-state index >= 15 is 0 Å². The van der Waals surface area contributed by atoms with Gasteiger partial charge in [-0.25, -0.2) is 4.79 Å². The van der Waals surface area contributed by atoms with Gasteiger partial charge in [0.05, 0.1) is 0 Å². The maximum atomic E-state index is 11.8. The summed E-state index contributed by atoms with van der Waals surface area (Å²) >= 11 is 0. The fraction of sp³-hybridized carbons (Fsp3) is 0.867. The third-order valence-corrected chi connectivity index (χ3v) is 4.19. The lowest BCUT2D eigenvalue weighted by atomic mass is 9.96. The van der Waals surface area contributed by atoms with Crippen LogP contribution in [0.1, 0.15) is 51.9 Å². The van der Waals surface area contributed by atoms with Crippen molar-refractivity contribution in [1.29, 1.82) is 0 Å². The number of nitrogens with two attached hydrogens (primary N) is 1. The fourth-order valence-corrected chi connectivity index (χ4v) is 2.51. The zero-order chi connectivity index (χ0) is 15.7. The Labute approximate surface area is 140 Å². The number of amides is 3. The van der Waals surface area contributed by atoms with E-state index in [-0.39, 0.29) is 30.4 Å². The van der Waals surface area contributed by atoms with Gasteiger partial charge in [0.15, 0.2) is 0 Å². The second-order valence-electron chi connectivity index (χ2n) is 5.93. The first-order valence-electron chi connectivity index (χ1n) is 8.04. The summed E-state index contributed by atoms with van der Waals surface area (Å²) in [6, 6.07) is 0.259. The lowest BCUT2D eigenvalue weighted by Gasteiger charge is -2.24. The molecule has 0 saturated heterocycles. The first kappa shape index (κ1) is 21.0. The molecule has 0 heterocycles. The molecular formula is C15H31ClN4O2. The number of rotatable bonds is 7. The van der Waals surface area contributed by atoms with Crippen LogP contribution >= 0.6 is 12.4 Å². The van der Waals surface area contributed by atoms with Crippen LogP contribution in [0.4, 0.5) is 4.79 Å². The maximum absolute atomic E-state index is 11.8. The monoisotopic (exact) mass is 334 g/mol. The second-order valence-corrected chi connectivity index (χ2v) is 5.93. The Bertz CT molecular complexity index is 336. The largest absolute Gasteiger partial charge is 0.342 e. The smallest absolute Gasteiger partial charge is 0.315 e. The van der Waals surface area contributed by atoms with Crippen molar-refractivity contribution < 1.29 is 9.59 Å². The van der Waals surface area contributed by atoms with Crippen molar-refractivity contribution >= 4 is 24.3 Å². The average molecular weight is 335 g/mol. The standard InChI is InChI=1S/C15H30N4O2.ClH/c1-12(11-16)19(2)14(20)9-6-10-17-15(21)18-13-7-4-3-5-8-13;/h12-13H,3-11,16H2,1-2H3,(H2,17,18,21);1H. The highest BCUT2D eigenvalue weighted by molar-refractivity contribution is 5.85. The van der Waals surface area contributed by atoms with Crippen LogP contribution in [-0.2, 0) is 4.79 Å². The van der Waals surface area contributed by atoms with E-state index in [1.165, 1.54) is 19.3 Å². The molecule has 22 heavy (non-hydrogen) atoms. The summed E-state index contributed by atoms with van der Waals surface area (Å²) in [7, 11) is 1.77. The van der Waals surface area contributed by atoms with Gasteiger partial charge in [0.25, 0.3) is 0 Å². The fourth-order valence-electron chi connectivity index (χ4n) is 2.51. The van der Waals surface area contributed by atoms with Crippen LogP contribution in [0.15, 0.2) is 0 Å². The number of urea groups is 1. The van der Waals surface area contributed by atoms with Gasteiger partial charge in [-0.2, -0.15) is 0 Å². The van der Waals surface area contributed by atoms with Crippen LogP contribution in [0.3, 0.4) is 0 Å². The maximum Gasteiger partial charge on any atom is 0.315 e. The number of carbonyl (C=O) groups excluding carboxylic acids is 2. The second kappa shape index (κ2) is 11.5. The van der Waals surface area contributed by atoms with E-state index in [9.17, 15) is 9.59 Å². The van der Waals surface area contributed by atoms with Crippen LogP contribution < -0.4 is 16.4 Å². The van der Waals surface area contributed by atoms with E-state index in [0.717, 1.165) is 12.8 Å². The molecule has 1 aliphatic rings. The molecule has 7 heteroatoms. The molecule has 1 fully saturated rings. The minimum absolute atomic E-state index is 0. The molecule has 1 rings (SSSR count). The summed E-state index contributed by atoms with van der Waals surface area (Å²) in [6.45, 7) is 2.91. The quantitative estimate of drug-likeness (QED) is 0.618. The lowest BCUT2D eigenvalue weighted by molar-refractivity contribution is -0.131. The normalized spacial score (nSPS) is 16.3. The van der Waals surface area contributed by atoms with Gasteiger partial charge in [-0.15, -0.1) is 12.4 Å². The van der Waals surface area contributed by atoms with E-state index < -0.39 is 0 Å². The van der Waals surface area contributed by atoms with Crippen LogP contribution in [0.25, 0.3) is 0 Å². The van der Waals surface area contributed by atoms with E-state index in [1.807, 2.05) is 6.92 Å².